The molecule has 0 bridgehead atoms. The molecule has 190 valence electrons. The molecule has 8 nitrogen and oxygen atoms in total. The first-order chi connectivity index (χ1) is 16.4. The number of nitrogens with zero attached hydrogens (tertiary/aromatic N) is 1. The number of carbonyl (C=O) groups is 4. The summed E-state index contributed by atoms with van der Waals surface area (Å²) in [6.45, 7) is 7.37. The number of amides is 1. The van der Waals surface area contributed by atoms with Gasteiger partial charge in [0.15, 0.2) is 5.60 Å². The van der Waals surface area contributed by atoms with Crippen LogP contribution in [0, 0.1) is 23.7 Å². The van der Waals surface area contributed by atoms with E-state index in [4.69, 9.17) is 9.84 Å². The highest BCUT2D eigenvalue weighted by Gasteiger charge is 2.71. The highest BCUT2D eigenvalue weighted by Crippen LogP contribution is 2.58. The van der Waals surface area contributed by atoms with Crippen molar-refractivity contribution < 1.29 is 34.1 Å². The molecular formula is C27H35NO7. The Hall–Kier alpha value is -2.74. The van der Waals surface area contributed by atoms with Gasteiger partial charge in [-0.2, -0.15) is 0 Å². The van der Waals surface area contributed by atoms with Gasteiger partial charge in [-0.3, -0.25) is 14.4 Å². The fourth-order valence-electron chi connectivity index (χ4n) is 6.62. The van der Waals surface area contributed by atoms with Gasteiger partial charge < -0.3 is 19.8 Å². The molecule has 1 unspecified atom stereocenters. The molecule has 2 aliphatic heterocycles. The number of ketones is 1. The van der Waals surface area contributed by atoms with Crippen molar-refractivity contribution >= 4 is 23.6 Å². The van der Waals surface area contributed by atoms with Crippen LogP contribution in [0.4, 0.5) is 0 Å². The monoisotopic (exact) mass is 485 g/mol. The summed E-state index contributed by atoms with van der Waals surface area (Å²) in [5, 5.41) is 19.6. The summed E-state index contributed by atoms with van der Waals surface area (Å²) in [7, 11) is 0. The molecular weight excluding hydrogens is 450 g/mol. The van der Waals surface area contributed by atoms with Crippen LogP contribution in [0.25, 0.3) is 0 Å². The van der Waals surface area contributed by atoms with E-state index in [1.807, 2.05) is 19.1 Å². The Balaban J connectivity index is 1.52. The molecule has 0 radical (unpaired) electrons. The van der Waals surface area contributed by atoms with Gasteiger partial charge in [-0.1, -0.05) is 36.3 Å². The first-order valence-electron chi connectivity index (χ1n) is 12.5. The highest BCUT2D eigenvalue weighted by atomic mass is 16.6. The van der Waals surface area contributed by atoms with Gasteiger partial charge in [-0.05, 0) is 64.7 Å². The predicted molar refractivity (Wildman–Crippen MR) is 127 cm³/mol. The highest BCUT2D eigenvalue weighted by molar-refractivity contribution is 6.16. The number of Topliss-reactive ketones (excluding diaryl/α,β-unsaturated/α-hetero) is 1. The van der Waals surface area contributed by atoms with Crippen molar-refractivity contribution in [2.24, 2.45) is 23.7 Å². The van der Waals surface area contributed by atoms with Gasteiger partial charge in [-0.25, -0.2) is 4.79 Å². The standard InChI is InChI=1S/C27H35NO7/c1-15(6-5-7-18-10-11-28(23(18)31)14-21(29)30)12-19-13-17(3)20-9-8-16(2)22(20)27(19)24(32)26(4,34)25(33)35-27/h10,12-13,16,19-20,22,34H,5-9,11,14H2,1-4H3,(H,29,30)/b15-12+/t16-,19+,20-,22+,26?,27-/m0/s1. The maximum absolute atomic E-state index is 13.6. The number of rotatable bonds is 7. The number of aliphatic carboxylic acids is 1. The van der Waals surface area contributed by atoms with Gasteiger partial charge >= 0.3 is 11.9 Å². The Kier molecular flexibility index (Phi) is 6.55. The summed E-state index contributed by atoms with van der Waals surface area (Å²) >= 11 is 0. The van der Waals surface area contributed by atoms with Crippen LogP contribution in [0.2, 0.25) is 0 Å². The molecule has 4 rings (SSSR count). The minimum atomic E-state index is -2.15. The van der Waals surface area contributed by atoms with Crippen molar-refractivity contribution in [2.75, 3.05) is 13.1 Å². The number of fused-ring (bicyclic) bond motifs is 2. The van der Waals surface area contributed by atoms with Gasteiger partial charge in [0.05, 0.1) is 0 Å². The quantitative estimate of drug-likeness (QED) is 0.323. The molecule has 1 spiro atoms. The second-order valence-corrected chi connectivity index (χ2v) is 10.9. The van der Waals surface area contributed by atoms with Crippen LogP contribution in [0.1, 0.15) is 59.8 Å². The first-order valence-corrected chi connectivity index (χ1v) is 12.5. The van der Waals surface area contributed by atoms with Crippen molar-refractivity contribution in [1.29, 1.82) is 0 Å². The Morgan fingerprint density at radius 3 is 2.63 bits per heavy atom. The predicted octanol–water partition coefficient (Wildman–Crippen LogP) is 2.81. The Morgan fingerprint density at radius 2 is 2.00 bits per heavy atom. The lowest BCUT2D eigenvalue weighted by Gasteiger charge is -2.45. The summed E-state index contributed by atoms with van der Waals surface area (Å²) in [6.07, 6.45) is 9.57. The molecule has 0 aromatic rings. The molecule has 1 saturated carbocycles. The topological polar surface area (TPSA) is 121 Å². The van der Waals surface area contributed by atoms with Gasteiger partial charge in [0.1, 0.15) is 6.54 Å². The van der Waals surface area contributed by atoms with Crippen molar-refractivity contribution in [2.45, 2.75) is 71.0 Å². The number of esters is 1. The molecule has 2 N–H and O–H groups in total. The van der Waals surface area contributed by atoms with E-state index in [2.05, 4.69) is 13.8 Å². The number of aliphatic hydroxyl groups is 1. The van der Waals surface area contributed by atoms with Crippen LogP contribution < -0.4 is 0 Å². The number of carbonyl (C=O) groups excluding carboxylic acids is 3. The number of carboxylic acids is 1. The van der Waals surface area contributed by atoms with Crippen molar-refractivity contribution in [3.63, 3.8) is 0 Å². The SMILES string of the molecule is CC1=C[C@@H](/C=C(\C)CCCC2=CCN(CC(=O)O)C2=O)[C@]2(OC(=O)C(C)(O)C2=O)[C@@H]2[C@@H](C)CC[C@@H]12. The fraction of sp³-hybridized carbons (Fsp3) is 0.630. The molecule has 2 heterocycles. The van der Waals surface area contributed by atoms with Gasteiger partial charge in [-0.15, -0.1) is 0 Å². The lowest BCUT2D eigenvalue weighted by molar-refractivity contribution is -0.167. The molecule has 2 fully saturated rings. The summed E-state index contributed by atoms with van der Waals surface area (Å²) in [5.41, 5.74) is -0.727. The molecule has 0 aromatic heterocycles. The normalized spacial score (nSPS) is 37.0. The second kappa shape index (κ2) is 9.04. The van der Waals surface area contributed by atoms with Gasteiger partial charge in [0.2, 0.25) is 17.3 Å². The van der Waals surface area contributed by atoms with Crippen LogP contribution in [-0.4, -0.2) is 63.0 Å². The molecule has 8 heteroatoms. The number of carboxylic acid groups (broad SMARTS) is 1. The van der Waals surface area contributed by atoms with E-state index in [0.29, 0.717) is 31.4 Å². The molecule has 35 heavy (non-hydrogen) atoms. The van der Waals surface area contributed by atoms with Gasteiger partial charge in [0, 0.05) is 24.0 Å². The van der Waals surface area contributed by atoms with E-state index in [1.54, 1.807) is 6.08 Å². The third-order valence-electron chi connectivity index (χ3n) is 8.38. The Morgan fingerprint density at radius 1 is 1.29 bits per heavy atom. The van der Waals surface area contributed by atoms with Crippen LogP contribution in [0.15, 0.2) is 34.9 Å². The second-order valence-electron chi connectivity index (χ2n) is 10.9. The van der Waals surface area contributed by atoms with E-state index in [0.717, 1.165) is 18.4 Å². The maximum atomic E-state index is 13.6. The van der Waals surface area contributed by atoms with Crippen LogP contribution in [0.5, 0.6) is 0 Å². The largest absolute Gasteiger partial charge is 0.480 e. The van der Waals surface area contributed by atoms with Gasteiger partial charge in [0.25, 0.3) is 0 Å². The molecule has 1 amide bonds. The number of hydrogen-bond donors (Lipinski definition) is 2. The summed E-state index contributed by atoms with van der Waals surface area (Å²) in [5.74, 6) is -2.99. The lowest BCUT2D eigenvalue weighted by Crippen LogP contribution is -2.57. The van der Waals surface area contributed by atoms with E-state index in [-0.39, 0.29) is 30.2 Å². The minimum absolute atomic E-state index is 0.148. The zero-order chi connectivity index (χ0) is 25.7. The molecule has 2 aliphatic carbocycles. The average molecular weight is 486 g/mol. The Labute approximate surface area is 205 Å². The zero-order valence-electron chi connectivity index (χ0n) is 20.9. The number of ether oxygens (including phenoxy) is 1. The number of hydrogen-bond acceptors (Lipinski definition) is 6. The maximum Gasteiger partial charge on any atom is 0.346 e. The first kappa shape index (κ1) is 25.4. The lowest BCUT2D eigenvalue weighted by atomic mass is 9.60. The van der Waals surface area contributed by atoms with E-state index >= 15 is 0 Å². The third kappa shape index (κ3) is 4.15. The van der Waals surface area contributed by atoms with Crippen LogP contribution >= 0.6 is 0 Å². The van der Waals surface area contributed by atoms with Crippen molar-refractivity contribution in [1.82, 2.24) is 4.90 Å². The number of allylic oxidation sites excluding steroid dienone is 2. The minimum Gasteiger partial charge on any atom is -0.480 e. The van der Waals surface area contributed by atoms with Crippen molar-refractivity contribution in [3.8, 4) is 0 Å². The Bertz CT molecular complexity index is 1050. The molecule has 1 saturated heterocycles. The summed E-state index contributed by atoms with van der Waals surface area (Å²) in [4.78, 5) is 50.8. The van der Waals surface area contributed by atoms with E-state index < -0.39 is 34.8 Å². The van der Waals surface area contributed by atoms with Crippen molar-refractivity contribution in [3.05, 3.63) is 34.9 Å². The third-order valence-corrected chi connectivity index (χ3v) is 8.38. The fourth-order valence-corrected chi connectivity index (χ4v) is 6.62. The summed E-state index contributed by atoms with van der Waals surface area (Å²) < 4.78 is 5.87. The van der Waals surface area contributed by atoms with E-state index in [1.165, 1.54) is 17.4 Å². The molecule has 4 aliphatic rings. The molecule has 6 atom stereocenters. The zero-order valence-corrected chi connectivity index (χ0v) is 20.9. The molecule has 0 aromatic carbocycles. The smallest absolute Gasteiger partial charge is 0.346 e. The van der Waals surface area contributed by atoms with Crippen LogP contribution in [-0.2, 0) is 23.9 Å². The average Bonchev–Trinajstić information content (AvgIpc) is 3.38. The summed E-state index contributed by atoms with van der Waals surface area (Å²) in [6, 6.07) is 0. The van der Waals surface area contributed by atoms with E-state index in [9.17, 15) is 24.3 Å². The van der Waals surface area contributed by atoms with Crippen LogP contribution in [0.3, 0.4) is 0 Å².